The lowest BCUT2D eigenvalue weighted by Gasteiger charge is -2.40. The monoisotopic (exact) mass is 369 g/mol. The van der Waals surface area contributed by atoms with E-state index in [0.29, 0.717) is 0 Å². The van der Waals surface area contributed by atoms with Crippen molar-refractivity contribution < 1.29 is 14.6 Å². The summed E-state index contributed by atoms with van der Waals surface area (Å²) in [4.78, 5) is 2.39. The molecular formula is C17H24BrNO3. The van der Waals surface area contributed by atoms with Crippen LogP contribution in [-0.2, 0) is 12.0 Å². The van der Waals surface area contributed by atoms with Gasteiger partial charge in [-0.05, 0) is 44.5 Å². The van der Waals surface area contributed by atoms with Gasteiger partial charge >= 0.3 is 0 Å². The number of ether oxygens (including phenoxy) is 2. The van der Waals surface area contributed by atoms with Gasteiger partial charge in [0.1, 0.15) is 6.10 Å². The van der Waals surface area contributed by atoms with Crippen molar-refractivity contribution in [3.63, 3.8) is 0 Å². The quantitative estimate of drug-likeness (QED) is 0.826. The van der Waals surface area contributed by atoms with Gasteiger partial charge in [-0.1, -0.05) is 6.07 Å². The number of aliphatic hydroxyl groups is 1. The van der Waals surface area contributed by atoms with Crippen LogP contribution in [0.1, 0.15) is 36.8 Å². The molecule has 5 heteroatoms. The van der Waals surface area contributed by atoms with Crippen LogP contribution in [0.15, 0.2) is 12.1 Å². The van der Waals surface area contributed by atoms with E-state index in [4.69, 9.17) is 9.47 Å². The number of methoxy groups -OCH3 is 1. The highest BCUT2D eigenvalue weighted by Crippen LogP contribution is 2.57. The molecule has 3 aliphatic rings. The largest absolute Gasteiger partial charge is 0.493 e. The van der Waals surface area contributed by atoms with Crippen LogP contribution in [0.4, 0.5) is 0 Å². The lowest BCUT2D eigenvalue weighted by Crippen LogP contribution is -2.45. The van der Waals surface area contributed by atoms with E-state index in [1.807, 2.05) is 6.07 Å². The van der Waals surface area contributed by atoms with Crippen LogP contribution in [0.25, 0.3) is 0 Å². The van der Waals surface area contributed by atoms with Gasteiger partial charge in [0, 0.05) is 23.9 Å². The molecule has 1 saturated carbocycles. The summed E-state index contributed by atoms with van der Waals surface area (Å²) in [6.45, 7) is 2.04. The fraction of sp³-hybridized carbons (Fsp3) is 0.647. The number of aliphatic hydroxyl groups excluding tert-OH is 1. The van der Waals surface area contributed by atoms with Crippen molar-refractivity contribution in [2.24, 2.45) is 0 Å². The Morgan fingerprint density at radius 3 is 2.95 bits per heavy atom. The van der Waals surface area contributed by atoms with Crippen LogP contribution in [0.5, 0.6) is 11.5 Å². The van der Waals surface area contributed by atoms with E-state index in [1.165, 1.54) is 11.1 Å². The summed E-state index contributed by atoms with van der Waals surface area (Å²) in [5.41, 5.74) is 2.80. The molecule has 1 N–H and O–H groups in total. The predicted octanol–water partition coefficient (Wildman–Crippen LogP) is 2.65. The van der Waals surface area contributed by atoms with Crippen molar-refractivity contribution in [2.75, 3.05) is 20.7 Å². The Morgan fingerprint density at radius 2 is 2.18 bits per heavy atom. The molecule has 1 spiro atoms. The van der Waals surface area contributed by atoms with E-state index in [2.05, 4.69) is 18.0 Å². The van der Waals surface area contributed by atoms with Crippen LogP contribution in [0, 0.1) is 0 Å². The number of hydrogen-bond donors (Lipinski definition) is 1. The van der Waals surface area contributed by atoms with Gasteiger partial charge < -0.3 is 19.5 Å². The third-order valence-corrected chi connectivity index (χ3v) is 5.59. The molecule has 2 aliphatic heterocycles. The average molecular weight is 370 g/mol. The molecule has 122 valence electrons. The highest BCUT2D eigenvalue weighted by Gasteiger charge is 2.54. The van der Waals surface area contributed by atoms with Gasteiger partial charge in [0.15, 0.2) is 11.5 Å². The molecule has 1 aliphatic carbocycles. The molecule has 2 heterocycles. The van der Waals surface area contributed by atoms with Gasteiger partial charge in [0.05, 0.1) is 13.2 Å². The summed E-state index contributed by atoms with van der Waals surface area (Å²) in [6.07, 6.45) is 3.59. The second-order valence-electron chi connectivity index (χ2n) is 6.81. The molecule has 1 fully saturated rings. The summed E-state index contributed by atoms with van der Waals surface area (Å²) in [5.74, 6) is 1.77. The lowest BCUT2D eigenvalue weighted by atomic mass is 9.65. The number of halogens is 1. The van der Waals surface area contributed by atoms with Crippen LogP contribution in [-0.4, -0.2) is 42.9 Å². The molecule has 0 aromatic heterocycles. The zero-order valence-electron chi connectivity index (χ0n) is 13.2. The number of hydrogen-bond acceptors (Lipinski definition) is 4. The Labute approximate surface area is 142 Å². The number of rotatable bonds is 1. The number of nitrogens with zero attached hydrogens (tertiary/aromatic N) is 1. The third-order valence-electron chi connectivity index (χ3n) is 5.59. The van der Waals surface area contributed by atoms with Gasteiger partial charge in [0.2, 0.25) is 0 Å². The van der Waals surface area contributed by atoms with Crippen LogP contribution < -0.4 is 9.47 Å². The summed E-state index contributed by atoms with van der Waals surface area (Å²) in [5, 5.41) is 10.1. The fourth-order valence-electron chi connectivity index (χ4n) is 4.50. The molecule has 0 bridgehead atoms. The summed E-state index contributed by atoms with van der Waals surface area (Å²) in [6, 6.07) is 4.22. The molecule has 4 rings (SSSR count). The Kier molecular flexibility index (Phi) is 4.16. The molecule has 22 heavy (non-hydrogen) atoms. The highest BCUT2D eigenvalue weighted by atomic mass is 79.9. The van der Waals surface area contributed by atoms with E-state index in [9.17, 15) is 5.11 Å². The molecule has 1 aromatic rings. The summed E-state index contributed by atoms with van der Waals surface area (Å²) in [7, 11) is 3.88. The maximum atomic E-state index is 10.1. The Hall–Kier alpha value is -0.780. The van der Waals surface area contributed by atoms with Crippen LogP contribution in [0.2, 0.25) is 0 Å². The molecular weight excluding hydrogens is 346 g/mol. The van der Waals surface area contributed by atoms with Crippen molar-refractivity contribution in [1.29, 1.82) is 0 Å². The van der Waals surface area contributed by atoms with Gasteiger partial charge in [-0.25, -0.2) is 0 Å². The van der Waals surface area contributed by atoms with Gasteiger partial charge in [-0.3, -0.25) is 0 Å². The molecule has 3 atom stereocenters. The standard InChI is InChI=1S/C17H23NO3.BrH/c1-18-8-7-17-6-5-12(19)9-14(17)21-16-13(20-2)4-3-11(10-18)15(16)17;/h3-4,12,14,19H,5-10H2,1-2H3;1H/t12-,14-,17+;/m1./s1. The maximum Gasteiger partial charge on any atom is 0.165 e. The minimum Gasteiger partial charge on any atom is -0.493 e. The summed E-state index contributed by atoms with van der Waals surface area (Å²) >= 11 is 0. The SMILES string of the molecule is Br.COc1ccc2c3c1O[C@@H]1C[C@H](O)CC[C@@]31CCN(C)C2. The van der Waals surface area contributed by atoms with E-state index in [-0.39, 0.29) is 34.6 Å². The minimum atomic E-state index is -0.231. The second kappa shape index (κ2) is 5.69. The molecule has 0 saturated heterocycles. The molecule has 1 aromatic carbocycles. The molecule has 0 radical (unpaired) electrons. The maximum absolute atomic E-state index is 10.1. The van der Waals surface area contributed by atoms with Gasteiger partial charge in [0.25, 0.3) is 0 Å². The first-order chi connectivity index (χ1) is 10.1. The van der Waals surface area contributed by atoms with E-state index >= 15 is 0 Å². The first-order valence-corrected chi connectivity index (χ1v) is 7.87. The lowest BCUT2D eigenvalue weighted by molar-refractivity contribution is 0.0120. The van der Waals surface area contributed by atoms with Crippen molar-refractivity contribution in [1.82, 2.24) is 4.90 Å². The van der Waals surface area contributed by atoms with E-state index < -0.39 is 0 Å². The van der Waals surface area contributed by atoms with Crippen molar-refractivity contribution >= 4 is 17.0 Å². The van der Waals surface area contributed by atoms with Crippen molar-refractivity contribution in [2.45, 2.75) is 49.9 Å². The zero-order chi connectivity index (χ0) is 14.6. The molecule has 4 nitrogen and oxygen atoms in total. The third kappa shape index (κ3) is 2.17. The van der Waals surface area contributed by atoms with E-state index in [0.717, 1.165) is 50.3 Å². The van der Waals surface area contributed by atoms with Gasteiger partial charge in [-0.2, -0.15) is 0 Å². The summed E-state index contributed by atoms with van der Waals surface area (Å²) < 4.78 is 11.8. The van der Waals surface area contributed by atoms with Crippen LogP contribution >= 0.6 is 17.0 Å². The second-order valence-corrected chi connectivity index (χ2v) is 6.81. The Bertz CT molecular complexity index is 579. The fourth-order valence-corrected chi connectivity index (χ4v) is 4.50. The first kappa shape index (κ1) is 16.1. The van der Waals surface area contributed by atoms with Crippen molar-refractivity contribution in [3.05, 3.63) is 23.3 Å². The average Bonchev–Trinajstić information content (AvgIpc) is 2.72. The minimum absolute atomic E-state index is 0. The Balaban J connectivity index is 0.00000144. The first-order valence-electron chi connectivity index (χ1n) is 7.87. The molecule has 0 unspecified atom stereocenters. The normalized spacial score (nSPS) is 33.0. The molecule has 0 amide bonds. The highest BCUT2D eigenvalue weighted by molar-refractivity contribution is 8.93. The zero-order valence-corrected chi connectivity index (χ0v) is 14.9. The topological polar surface area (TPSA) is 41.9 Å². The van der Waals surface area contributed by atoms with Gasteiger partial charge in [-0.15, -0.1) is 17.0 Å². The van der Waals surface area contributed by atoms with Crippen LogP contribution in [0.3, 0.4) is 0 Å². The van der Waals surface area contributed by atoms with Crippen molar-refractivity contribution in [3.8, 4) is 11.5 Å². The predicted molar refractivity (Wildman–Crippen MR) is 90.2 cm³/mol. The smallest absolute Gasteiger partial charge is 0.165 e. The Morgan fingerprint density at radius 1 is 1.36 bits per heavy atom. The van der Waals surface area contributed by atoms with E-state index in [1.54, 1.807) is 7.11 Å². The number of benzene rings is 1.